The van der Waals surface area contributed by atoms with E-state index in [2.05, 4.69) is 142 Å². The number of rotatable bonds is 59. The molecule has 450 valence electrons. The normalized spacial score (nSPS) is 12.9. The van der Waals surface area contributed by atoms with Crippen LogP contribution in [0.3, 0.4) is 0 Å². The Kier molecular flexibility index (Phi) is 62.8. The quantitative estimate of drug-likeness (QED) is 0.0261. The fraction of sp³-hybridized carbons (Fsp3) is 0.685. The number of esters is 3. The maximum Gasteiger partial charge on any atom is 0.306 e. The Hall–Kier alpha value is -4.19. The Morgan fingerprint density at radius 1 is 0.266 bits per heavy atom. The van der Waals surface area contributed by atoms with E-state index in [0.717, 1.165) is 128 Å². The molecule has 1 atom stereocenters. The van der Waals surface area contributed by atoms with Gasteiger partial charge in [0.05, 0.1) is 0 Å². The smallest absolute Gasteiger partial charge is 0.306 e. The molecule has 0 aromatic rings. The highest BCUT2D eigenvalue weighted by Crippen LogP contribution is 2.16. The topological polar surface area (TPSA) is 78.9 Å². The van der Waals surface area contributed by atoms with E-state index in [1.165, 1.54) is 135 Å². The summed E-state index contributed by atoms with van der Waals surface area (Å²) in [4.78, 5) is 38.3. The molecule has 1 unspecified atom stereocenters. The minimum atomic E-state index is -0.789. The number of unbranched alkanes of at least 4 members (excludes halogenated alkanes) is 28. The van der Waals surface area contributed by atoms with Gasteiger partial charge in [-0.2, -0.15) is 0 Å². The first-order valence-electron chi connectivity index (χ1n) is 33.0. The fourth-order valence-electron chi connectivity index (χ4n) is 9.03. The fourth-order valence-corrected chi connectivity index (χ4v) is 9.03. The average molecular weight is 1100 g/mol. The molecule has 6 nitrogen and oxygen atoms in total. The third-order valence-electron chi connectivity index (χ3n) is 13.9. The van der Waals surface area contributed by atoms with Crippen LogP contribution < -0.4 is 0 Å². The molecule has 0 aliphatic rings. The van der Waals surface area contributed by atoms with Gasteiger partial charge in [-0.3, -0.25) is 14.4 Å². The molecular formula is C73H122O6. The molecule has 0 saturated heterocycles. The number of hydrogen-bond acceptors (Lipinski definition) is 6. The predicted octanol–water partition coefficient (Wildman–Crippen LogP) is 22.8. The van der Waals surface area contributed by atoms with Crippen molar-refractivity contribution in [1.82, 2.24) is 0 Å². The van der Waals surface area contributed by atoms with E-state index in [-0.39, 0.29) is 31.1 Å². The van der Waals surface area contributed by atoms with Crippen molar-refractivity contribution in [3.63, 3.8) is 0 Å². The summed E-state index contributed by atoms with van der Waals surface area (Å²) in [5, 5.41) is 0. The van der Waals surface area contributed by atoms with Crippen molar-refractivity contribution < 1.29 is 28.6 Å². The lowest BCUT2D eigenvalue weighted by molar-refractivity contribution is -0.167. The number of allylic oxidation sites excluding steroid dienone is 20. The van der Waals surface area contributed by atoms with Gasteiger partial charge in [-0.15, -0.1) is 0 Å². The lowest BCUT2D eigenvalue weighted by atomic mass is 10.0. The van der Waals surface area contributed by atoms with Crippen LogP contribution in [0.2, 0.25) is 0 Å². The SMILES string of the molecule is CC/C=C\C/C=C\C/C=C\C/C=C\C/C=C\C/C=C\CCCCCCCCCCCCCCCCC(=O)OCC(COC(=O)CCCCCCC/C=C\CCCC)OC(=O)CCCCCCCCC/C=C\C/C=C\C/C=C\CC. The molecule has 0 bridgehead atoms. The molecule has 0 saturated carbocycles. The van der Waals surface area contributed by atoms with E-state index in [0.29, 0.717) is 19.3 Å². The molecule has 6 heteroatoms. The van der Waals surface area contributed by atoms with Gasteiger partial charge in [0.1, 0.15) is 13.2 Å². The largest absolute Gasteiger partial charge is 0.462 e. The van der Waals surface area contributed by atoms with Gasteiger partial charge >= 0.3 is 17.9 Å². The standard InChI is InChI=1S/C73H122O6/c1-4-7-10-13-16-19-22-24-26-28-29-30-31-32-33-34-35-36-37-38-39-40-41-42-43-45-46-48-51-54-57-60-63-66-72(75)78-69-70(68-77-71(74)65-62-59-56-53-50-21-18-15-12-9-6-3)79-73(76)67-64-61-58-55-52-49-47-44-27-25-23-20-17-14-11-8-5-2/h7-8,10-11,15-20,24-27,29-30,32-33,35-36,70H,4-6,9,12-14,21-23,28,31,34,37-69H2,1-3H3/b10-7-,11-8-,18-15-,19-16-,20-17-,26-24-,27-25-,30-29-,33-32-,36-35-. The maximum absolute atomic E-state index is 12.9. The highest BCUT2D eigenvalue weighted by atomic mass is 16.6. The average Bonchev–Trinajstić information content (AvgIpc) is 3.45. The van der Waals surface area contributed by atoms with E-state index < -0.39 is 6.10 Å². The minimum Gasteiger partial charge on any atom is -0.462 e. The van der Waals surface area contributed by atoms with Crippen LogP contribution in [0.25, 0.3) is 0 Å². The second kappa shape index (κ2) is 66.3. The highest BCUT2D eigenvalue weighted by molar-refractivity contribution is 5.71. The van der Waals surface area contributed by atoms with Crippen LogP contribution in [0.4, 0.5) is 0 Å². The second-order valence-electron chi connectivity index (χ2n) is 21.6. The lowest BCUT2D eigenvalue weighted by Crippen LogP contribution is -2.30. The Bertz CT molecular complexity index is 1640. The minimum absolute atomic E-state index is 0.0850. The first kappa shape index (κ1) is 74.8. The Morgan fingerprint density at radius 3 is 0.785 bits per heavy atom. The molecule has 0 amide bonds. The van der Waals surface area contributed by atoms with Crippen LogP contribution in [-0.4, -0.2) is 37.2 Å². The van der Waals surface area contributed by atoms with Crippen molar-refractivity contribution in [3.8, 4) is 0 Å². The molecule has 0 spiro atoms. The molecule has 0 aliphatic carbocycles. The van der Waals surface area contributed by atoms with Crippen molar-refractivity contribution in [3.05, 3.63) is 122 Å². The van der Waals surface area contributed by atoms with Crippen LogP contribution >= 0.6 is 0 Å². The summed E-state index contributed by atoms with van der Waals surface area (Å²) in [6.07, 6.45) is 92.2. The zero-order valence-electron chi connectivity index (χ0n) is 51.6. The number of hydrogen-bond donors (Lipinski definition) is 0. The molecule has 0 rings (SSSR count). The number of carbonyl (C=O) groups excluding carboxylic acids is 3. The van der Waals surface area contributed by atoms with Gasteiger partial charge in [0, 0.05) is 19.3 Å². The number of ether oxygens (including phenoxy) is 3. The Labute approximate surface area is 488 Å². The zero-order chi connectivity index (χ0) is 57.1. The predicted molar refractivity (Wildman–Crippen MR) is 343 cm³/mol. The van der Waals surface area contributed by atoms with Crippen molar-refractivity contribution in [2.45, 2.75) is 309 Å². The highest BCUT2D eigenvalue weighted by Gasteiger charge is 2.19. The van der Waals surface area contributed by atoms with Crippen molar-refractivity contribution in [2.24, 2.45) is 0 Å². The number of carbonyl (C=O) groups is 3. The van der Waals surface area contributed by atoms with E-state index in [9.17, 15) is 14.4 Å². The summed E-state index contributed by atoms with van der Waals surface area (Å²) in [6.45, 7) is 6.38. The van der Waals surface area contributed by atoms with Crippen molar-refractivity contribution in [1.29, 1.82) is 0 Å². The van der Waals surface area contributed by atoms with Gasteiger partial charge in [-0.05, 0) is 122 Å². The van der Waals surface area contributed by atoms with E-state index >= 15 is 0 Å². The van der Waals surface area contributed by atoms with E-state index in [4.69, 9.17) is 14.2 Å². The van der Waals surface area contributed by atoms with Gasteiger partial charge in [0.25, 0.3) is 0 Å². The van der Waals surface area contributed by atoms with Gasteiger partial charge in [0.15, 0.2) is 6.10 Å². The van der Waals surface area contributed by atoms with Crippen LogP contribution in [0.15, 0.2) is 122 Å². The van der Waals surface area contributed by atoms with Gasteiger partial charge < -0.3 is 14.2 Å². The summed E-state index contributed by atoms with van der Waals surface area (Å²) in [5.74, 6) is -0.900. The second-order valence-corrected chi connectivity index (χ2v) is 21.6. The van der Waals surface area contributed by atoms with Crippen molar-refractivity contribution in [2.75, 3.05) is 13.2 Å². The summed E-state index contributed by atoms with van der Waals surface area (Å²) < 4.78 is 16.9. The first-order valence-corrected chi connectivity index (χ1v) is 33.0. The zero-order valence-corrected chi connectivity index (χ0v) is 51.6. The molecule has 0 N–H and O–H groups in total. The molecule has 0 fully saturated rings. The van der Waals surface area contributed by atoms with Gasteiger partial charge in [-0.1, -0.05) is 284 Å². The first-order chi connectivity index (χ1) is 39.0. The molecule has 0 radical (unpaired) electrons. The molecule has 0 aliphatic heterocycles. The lowest BCUT2D eigenvalue weighted by Gasteiger charge is -2.18. The molecule has 79 heavy (non-hydrogen) atoms. The van der Waals surface area contributed by atoms with Crippen LogP contribution in [0, 0.1) is 0 Å². The van der Waals surface area contributed by atoms with Crippen molar-refractivity contribution >= 4 is 17.9 Å². The van der Waals surface area contributed by atoms with Crippen LogP contribution in [-0.2, 0) is 28.6 Å². The van der Waals surface area contributed by atoms with Crippen LogP contribution in [0.5, 0.6) is 0 Å². The molecule has 0 aromatic carbocycles. The Morgan fingerprint density at radius 2 is 0.494 bits per heavy atom. The summed E-state index contributed by atoms with van der Waals surface area (Å²) >= 11 is 0. The van der Waals surface area contributed by atoms with E-state index in [1.54, 1.807) is 0 Å². The van der Waals surface area contributed by atoms with Crippen LogP contribution in [0.1, 0.15) is 303 Å². The van der Waals surface area contributed by atoms with Gasteiger partial charge in [-0.25, -0.2) is 0 Å². The third-order valence-corrected chi connectivity index (χ3v) is 13.9. The van der Waals surface area contributed by atoms with E-state index in [1.807, 2.05) is 0 Å². The Balaban J connectivity index is 4.18. The summed E-state index contributed by atoms with van der Waals surface area (Å²) in [6, 6.07) is 0. The maximum atomic E-state index is 12.9. The molecular weight excluding hydrogens is 973 g/mol. The molecule has 0 heterocycles. The third kappa shape index (κ3) is 64.5. The molecule has 0 aromatic heterocycles. The summed E-state index contributed by atoms with van der Waals surface area (Å²) in [5.41, 5.74) is 0. The summed E-state index contributed by atoms with van der Waals surface area (Å²) in [7, 11) is 0. The monoisotopic (exact) mass is 1090 g/mol. The van der Waals surface area contributed by atoms with Gasteiger partial charge in [0.2, 0.25) is 0 Å².